The fourth-order valence-corrected chi connectivity index (χ4v) is 3.03. The Kier molecular flexibility index (Phi) is 5.65. The van der Waals surface area contributed by atoms with Gasteiger partial charge >= 0.3 is 5.97 Å². The number of aliphatic imine (C=N–C) groups is 1. The molecule has 0 atom stereocenters. The van der Waals surface area contributed by atoms with Crippen molar-refractivity contribution in [3.8, 4) is 11.1 Å². The maximum Gasteiger partial charge on any atom is 0.341 e. The zero-order valence-electron chi connectivity index (χ0n) is 13.3. The van der Waals surface area contributed by atoms with Gasteiger partial charge in [-0.05, 0) is 12.5 Å². The topological polar surface area (TPSA) is 59.0 Å². The molecule has 0 N–H and O–H groups in total. The Bertz CT molecular complexity index is 721. The van der Waals surface area contributed by atoms with Crippen LogP contribution in [0.2, 0.25) is 0 Å². The van der Waals surface area contributed by atoms with E-state index in [-0.39, 0.29) is 6.61 Å². The molecule has 6 heteroatoms. The smallest absolute Gasteiger partial charge is 0.341 e. The van der Waals surface area contributed by atoms with E-state index in [1.54, 1.807) is 18.2 Å². The lowest BCUT2D eigenvalue weighted by Gasteiger charge is -2.07. The summed E-state index contributed by atoms with van der Waals surface area (Å²) in [6.07, 6.45) is 2.35. The molecule has 1 aromatic heterocycles. The summed E-state index contributed by atoms with van der Waals surface area (Å²) in [5.74, 6) is -0.471. The molecule has 120 valence electrons. The Morgan fingerprint density at radius 3 is 2.57 bits per heavy atom. The van der Waals surface area contributed by atoms with Gasteiger partial charge in [0.2, 0.25) is 0 Å². The molecule has 0 unspecified atom stereocenters. The highest BCUT2D eigenvalue weighted by Gasteiger charge is 2.25. The lowest BCUT2D eigenvalue weighted by Crippen LogP contribution is -2.08. The highest BCUT2D eigenvalue weighted by molar-refractivity contribution is 7.18. The van der Waals surface area contributed by atoms with E-state index in [9.17, 15) is 9.59 Å². The Labute approximate surface area is 139 Å². The molecule has 0 bridgehead atoms. The lowest BCUT2D eigenvalue weighted by molar-refractivity contribution is 0.0529. The number of hydrogen-bond acceptors (Lipinski definition) is 5. The quantitative estimate of drug-likeness (QED) is 0.351. The molecule has 0 amide bonds. The Morgan fingerprint density at radius 2 is 2.00 bits per heavy atom. The molecule has 0 aliphatic carbocycles. The largest absolute Gasteiger partial charge is 0.462 e. The molecule has 1 aromatic carbocycles. The van der Waals surface area contributed by atoms with Crippen LogP contribution in [0.15, 0.2) is 35.3 Å². The maximum absolute atomic E-state index is 12.4. The molecule has 2 rings (SSSR count). The third-order valence-electron chi connectivity index (χ3n) is 2.97. The second-order valence-corrected chi connectivity index (χ2v) is 5.96. The summed E-state index contributed by atoms with van der Waals surface area (Å²) in [6, 6.07) is 9.32. The van der Waals surface area contributed by atoms with Gasteiger partial charge in [-0.25, -0.2) is 9.79 Å². The van der Waals surface area contributed by atoms with Crippen molar-refractivity contribution in [2.75, 3.05) is 20.7 Å². The summed E-state index contributed by atoms with van der Waals surface area (Å²) in [5, 5.41) is 0.470. The van der Waals surface area contributed by atoms with E-state index in [1.165, 1.54) is 11.3 Å². The first-order valence-corrected chi connectivity index (χ1v) is 7.95. The van der Waals surface area contributed by atoms with Crippen molar-refractivity contribution >= 4 is 34.9 Å². The average molecular weight is 330 g/mol. The predicted octanol–water partition coefficient (Wildman–Crippen LogP) is 3.63. The molecule has 23 heavy (non-hydrogen) atoms. The van der Waals surface area contributed by atoms with Gasteiger partial charge in [-0.1, -0.05) is 30.3 Å². The third-order valence-corrected chi connectivity index (χ3v) is 4.00. The summed E-state index contributed by atoms with van der Waals surface area (Å²) >= 11 is 1.18. The van der Waals surface area contributed by atoms with Crippen LogP contribution in [0.25, 0.3) is 11.1 Å². The molecule has 0 radical (unpaired) electrons. The van der Waals surface area contributed by atoms with Crippen LogP contribution in [0, 0.1) is 0 Å². The zero-order valence-corrected chi connectivity index (χ0v) is 14.1. The van der Waals surface area contributed by atoms with E-state index >= 15 is 0 Å². The number of esters is 1. The number of nitrogens with zero attached hydrogens (tertiary/aromatic N) is 2. The number of carbonyl (C=O) groups excluding carboxylic acids is 2. The number of thiophene rings is 1. The monoisotopic (exact) mass is 330 g/mol. The molecule has 0 fully saturated rings. The Balaban J connectivity index is 2.67. The van der Waals surface area contributed by atoms with Gasteiger partial charge < -0.3 is 9.64 Å². The van der Waals surface area contributed by atoms with Gasteiger partial charge in [0.25, 0.3) is 0 Å². The predicted molar refractivity (Wildman–Crippen MR) is 92.9 cm³/mol. The van der Waals surface area contributed by atoms with Crippen LogP contribution in [-0.2, 0) is 4.74 Å². The number of ether oxygens (including phenoxy) is 1. The van der Waals surface area contributed by atoms with Crippen molar-refractivity contribution in [3.05, 3.63) is 40.8 Å². The Morgan fingerprint density at radius 1 is 1.30 bits per heavy atom. The first-order valence-electron chi connectivity index (χ1n) is 7.13. The highest BCUT2D eigenvalue weighted by atomic mass is 32.1. The fraction of sp³-hybridized carbons (Fsp3) is 0.235. The van der Waals surface area contributed by atoms with Crippen molar-refractivity contribution in [2.45, 2.75) is 6.92 Å². The van der Waals surface area contributed by atoms with Crippen LogP contribution < -0.4 is 0 Å². The average Bonchev–Trinajstić information content (AvgIpc) is 2.92. The van der Waals surface area contributed by atoms with Crippen LogP contribution in [0.5, 0.6) is 0 Å². The van der Waals surface area contributed by atoms with Gasteiger partial charge in [-0.2, -0.15) is 0 Å². The van der Waals surface area contributed by atoms with Crippen LogP contribution in [-0.4, -0.2) is 44.2 Å². The first kappa shape index (κ1) is 16.9. The molecule has 5 nitrogen and oxygen atoms in total. The number of carbonyl (C=O) groups is 2. The first-order chi connectivity index (χ1) is 11.1. The minimum Gasteiger partial charge on any atom is -0.462 e. The van der Waals surface area contributed by atoms with Gasteiger partial charge in [0.1, 0.15) is 10.6 Å². The standard InChI is InChI=1S/C17H18N2O3S/c1-4-22-17(21)15-14(12-8-6-5-7-9-12)13(10-20)23-16(15)18-11-19(2)3/h5-11H,4H2,1-3H3/b18-11+. The summed E-state index contributed by atoms with van der Waals surface area (Å²) < 4.78 is 5.16. The van der Waals surface area contributed by atoms with E-state index in [0.717, 1.165) is 11.8 Å². The molecule has 0 saturated heterocycles. The molecule has 0 aliphatic rings. The van der Waals surface area contributed by atoms with Crippen LogP contribution >= 0.6 is 11.3 Å². The molecule has 0 spiro atoms. The molecular weight excluding hydrogens is 312 g/mol. The van der Waals surface area contributed by atoms with E-state index in [0.29, 0.717) is 21.0 Å². The number of aldehydes is 1. The van der Waals surface area contributed by atoms with Crippen molar-refractivity contribution in [1.82, 2.24) is 4.90 Å². The van der Waals surface area contributed by atoms with Gasteiger partial charge in [0, 0.05) is 19.7 Å². The van der Waals surface area contributed by atoms with E-state index in [4.69, 9.17) is 4.74 Å². The minimum absolute atomic E-state index is 0.260. The molecule has 0 saturated carbocycles. The number of hydrogen-bond donors (Lipinski definition) is 0. The molecule has 2 aromatic rings. The van der Waals surface area contributed by atoms with E-state index < -0.39 is 5.97 Å². The third kappa shape index (κ3) is 3.84. The second-order valence-electron chi connectivity index (χ2n) is 4.93. The van der Waals surface area contributed by atoms with E-state index in [2.05, 4.69) is 4.99 Å². The molecule has 0 aliphatic heterocycles. The van der Waals surface area contributed by atoms with Crippen molar-refractivity contribution in [2.24, 2.45) is 4.99 Å². The maximum atomic E-state index is 12.4. The zero-order chi connectivity index (χ0) is 16.8. The minimum atomic E-state index is -0.471. The van der Waals surface area contributed by atoms with Gasteiger partial charge in [0.05, 0.1) is 17.8 Å². The summed E-state index contributed by atoms with van der Waals surface area (Å²) in [5.41, 5.74) is 1.71. The second kappa shape index (κ2) is 7.69. The fourth-order valence-electron chi connectivity index (χ4n) is 2.06. The summed E-state index contributed by atoms with van der Waals surface area (Å²) in [7, 11) is 3.67. The van der Waals surface area contributed by atoms with Crippen LogP contribution in [0.4, 0.5) is 5.00 Å². The van der Waals surface area contributed by atoms with Gasteiger partial charge in [-0.15, -0.1) is 11.3 Å². The van der Waals surface area contributed by atoms with Gasteiger partial charge in [0.15, 0.2) is 6.29 Å². The lowest BCUT2D eigenvalue weighted by atomic mass is 10.0. The number of benzene rings is 1. The van der Waals surface area contributed by atoms with Crippen molar-refractivity contribution < 1.29 is 14.3 Å². The summed E-state index contributed by atoms with van der Waals surface area (Å²) in [4.78, 5) is 30.4. The van der Waals surface area contributed by atoms with E-state index in [1.807, 2.05) is 44.4 Å². The Hall–Kier alpha value is -2.47. The van der Waals surface area contributed by atoms with Crippen molar-refractivity contribution in [3.63, 3.8) is 0 Å². The van der Waals surface area contributed by atoms with Gasteiger partial charge in [-0.3, -0.25) is 4.79 Å². The van der Waals surface area contributed by atoms with Crippen molar-refractivity contribution in [1.29, 1.82) is 0 Å². The highest BCUT2D eigenvalue weighted by Crippen LogP contribution is 2.41. The summed E-state index contributed by atoms with van der Waals surface area (Å²) in [6.45, 7) is 2.01. The normalized spacial score (nSPS) is 10.7. The van der Waals surface area contributed by atoms with Crippen LogP contribution in [0.1, 0.15) is 27.0 Å². The SMILES string of the molecule is CCOC(=O)c1c(/N=C/N(C)C)sc(C=O)c1-c1ccccc1. The molecular formula is C17H18N2O3S. The molecule has 1 heterocycles. The van der Waals surface area contributed by atoms with Crippen LogP contribution in [0.3, 0.4) is 0 Å². The number of rotatable bonds is 6.